The number of ketones is 1. The fraction of sp³-hybridized carbons (Fsp3) is 0.417. The first-order valence-corrected chi connectivity index (χ1v) is 6.47. The highest BCUT2D eigenvalue weighted by Gasteiger charge is 2.17. The Morgan fingerprint density at radius 3 is 2.61 bits per heavy atom. The summed E-state index contributed by atoms with van der Waals surface area (Å²) < 4.78 is 0. The highest BCUT2D eigenvalue weighted by atomic mass is 32.2. The van der Waals surface area contributed by atoms with Crippen molar-refractivity contribution in [3.05, 3.63) is 33.9 Å². The third-order valence-electron chi connectivity index (χ3n) is 2.35. The zero-order valence-electron chi connectivity index (χ0n) is 10.7. The summed E-state index contributed by atoms with van der Waals surface area (Å²) in [6, 6.07) is 4.75. The highest BCUT2D eigenvalue weighted by Crippen LogP contribution is 2.26. The molecular weight excluding hydrogens is 252 g/mol. The number of thioether (sulfide) groups is 1. The van der Waals surface area contributed by atoms with Crippen molar-refractivity contribution in [2.24, 2.45) is 0 Å². The third-order valence-corrected chi connectivity index (χ3v) is 3.33. The summed E-state index contributed by atoms with van der Waals surface area (Å²) in [5, 5.41) is 10.9. The quantitative estimate of drug-likeness (QED) is 0.343. The van der Waals surface area contributed by atoms with E-state index < -0.39 is 4.92 Å². The molecule has 0 aliphatic carbocycles. The van der Waals surface area contributed by atoms with Crippen molar-refractivity contribution in [2.45, 2.75) is 11.8 Å². The molecule has 0 unspecified atom stereocenters. The van der Waals surface area contributed by atoms with Crippen molar-refractivity contribution in [3.8, 4) is 0 Å². The van der Waals surface area contributed by atoms with E-state index in [1.165, 1.54) is 19.1 Å². The molecule has 0 amide bonds. The molecule has 0 atom stereocenters. The van der Waals surface area contributed by atoms with Crippen LogP contribution >= 0.6 is 11.8 Å². The number of carbonyl (C=O) groups excluding carboxylic acids is 1. The molecule has 1 aromatic carbocycles. The molecule has 1 aromatic rings. The summed E-state index contributed by atoms with van der Waals surface area (Å²) in [5.74, 6) is 0.565. The van der Waals surface area contributed by atoms with Gasteiger partial charge in [0.05, 0.1) is 10.5 Å². The number of benzene rings is 1. The van der Waals surface area contributed by atoms with Crippen molar-refractivity contribution in [2.75, 3.05) is 26.4 Å². The molecule has 0 N–H and O–H groups in total. The number of nitro benzene ring substituents is 1. The van der Waals surface area contributed by atoms with E-state index in [4.69, 9.17) is 0 Å². The van der Waals surface area contributed by atoms with Crippen LogP contribution in [0.3, 0.4) is 0 Å². The second-order valence-corrected chi connectivity index (χ2v) is 5.31. The maximum absolute atomic E-state index is 11.3. The topological polar surface area (TPSA) is 63.5 Å². The van der Waals surface area contributed by atoms with Gasteiger partial charge in [0.2, 0.25) is 0 Å². The van der Waals surface area contributed by atoms with Gasteiger partial charge in [-0.15, -0.1) is 11.8 Å². The van der Waals surface area contributed by atoms with Crippen LogP contribution in [0.5, 0.6) is 0 Å². The molecule has 5 nitrogen and oxygen atoms in total. The van der Waals surface area contributed by atoms with Crippen molar-refractivity contribution >= 4 is 23.2 Å². The monoisotopic (exact) mass is 268 g/mol. The molecule has 0 saturated carbocycles. The minimum Gasteiger partial charge on any atom is -0.309 e. The maximum Gasteiger partial charge on any atom is 0.281 e. The normalized spacial score (nSPS) is 10.7. The first-order valence-electron chi connectivity index (χ1n) is 5.48. The second kappa shape index (κ2) is 6.51. The molecule has 0 spiro atoms. The van der Waals surface area contributed by atoms with E-state index in [2.05, 4.69) is 0 Å². The first-order chi connectivity index (χ1) is 8.41. The first kappa shape index (κ1) is 14.7. The van der Waals surface area contributed by atoms with E-state index in [1.54, 1.807) is 17.8 Å². The molecule has 0 aliphatic heterocycles. The fourth-order valence-electron chi connectivity index (χ4n) is 1.40. The van der Waals surface area contributed by atoms with E-state index in [9.17, 15) is 14.9 Å². The van der Waals surface area contributed by atoms with Crippen molar-refractivity contribution in [3.63, 3.8) is 0 Å². The highest BCUT2D eigenvalue weighted by molar-refractivity contribution is 7.99. The van der Waals surface area contributed by atoms with E-state index >= 15 is 0 Å². The lowest BCUT2D eigenvalue weighted by Gasteiger charge is -2.09. The standard InChI is InChI=1S/C12H16N2O3S/c1-9(15)11-5-4-10(8-12(11)14(16)17)18-7-6-13(2)3/h4-5,8H,6-7H2,1-3H3. The Hall–Kier alpha value is -1.40. The number of rotatable bonds is 6. The van der Waals surface area contributed by atoms with Crippen molar-refractivity contribution < 1.29 is 9.72 Å². The van der Waals surface area contributed by atoms with Crippen LogP contribution in [0.1, 0.15) is 17.3 Å². The molecule has 0 aliphatic rings. The van der Waals surface area contributed by atoms with Crippen LogP contribution < -0.4 is 0 Å². The Labute approximate surface area is 110 Å². The molecule has 18 heavy (non-hydrogen) atoms. The van der Waals surface area contributed by atoms with E-state index in [0.717, 1.165) is 17.2 Å². The average Bonchev–Trinajstić information content (AvgIpc) is 2.28. The van der Waals surface area contributed by atoms with Crippen molar-refractivity contribution in [1.29, 1.82) is 0 Å². The Morgan fingerprint density at radius 1 is 1.44 bits per heavy atom. The fourth-order valence-corrected chi connectivity index (χ4v) is 2.45. The summed E-state index contributed by atoms with van der Waals surface area (Å²) in [6.45, 7) is 2.23. The van der Waals surface area contributed by atoms with E-state index in [1.807, 2.05) is 19.0 Å². The van der Waals surface area contributed by atoms with E-state index in [-0.39, 0.29) is 17.0 Å². The Kier molecular flexibility index (Phi) is 5.30. The van der Waals surface area contributed by atoms with Crippen LogP contribution in [0.2, 0.25) is 0 Å². The summed E-state index contributed by atoms with van der Waals surface area (Å²) in [6.07, 6.45) is 0. The van der Waals surface area contributed by atoms with Gasteiger partial charge in [0.15, 0.2) is 5.78 Å². The number of nitro groups is 1. The van der Waals surface area contributed by atoms with Gasteiger partial charge >= 0.3 is 0 Å². The number of hydrogen-bond acceptors (Lipinski definition) is 5. The Bertz CT molecular complexity index is 461. The van der Waals surface area contributed by atoms with E-state index in [0.29, 0.717) is 0 Å². The third kappa shape index (κ3) is 4.12. The molecule has 0 aromatic heterocycles. The molecule has 98 valence electrons. The molecule has 6 heteroatoms. The Balaban J connectivity index is 2.87. The number of Topliss-reactive ketones (excluding diaryl/α,β-unsaturated/α-hetero) is 1. The molecule has 0 heterocycles. The summed E-state index contributed by atoms with van der Waals surface area (Å²) in [7, 11) is 3.95. The molecule has 1 rings (SSSR count). The maximum atomic E-state index is 11.3. The smallest absolute Gasteiger partial charge is 0.281 e. The van der Waals surface area contributed by atoms with Gasteiger partial charge in [0.1, 0.15) is 0 Å². The lowest BCUT2D eigenvalue weighted by Crippen LogP contribution is -2.14. The van der Waals surface area contributed by atoms with Crippen molar-refractivity contribution in [1.82, 2.24) is 4.90 Å². The Morgan fingerprint density at radius 2 is 2.11 bits per heavy atom. The lowest BCUT2D eigenvalue weighted by molar-refractivity contribution is -0.385. The summed E-state index contributed by atoms with van der Waals surface area (Å²) in [5.41, 5.74) is 0.0503. The number of nitrogens with zero attached hydrogens (tertiary/aromatic N) is 2. The van der Waals surface area contributed by atoms with Crippen LogP contribution in [0.15, 0.2) is 23.1 Å². The van der Waals surface area contributed by atoms with Crippen LogP contribution in [0, 0.1) is 10.1 Å². The summed E-state index contributed by atoms with van der Waals surface area (Å²) >= 11 is 1.54. The lowest BCUT2D eigenvalue weighted by atomic mass is 10.1. The van der Waals surface area contributed by atoms with Crippen LogP contribution in [-0.4, -0.2) is 42.0 Å². The van der Waals surface area contributed by atoms with Gasteiger partial charge in [-0.1, -0.05) is 0 Å². The number of carbonyl (C=O) groups is 1. The average molecular weight is 268 g/mol. The van der Waals surface area contributed by atoms with Gasteiger partial charge in [-0.25, -0.2) is 0 Å². The largest absolute Gasteiger partial charge is 0.309 e. The minimum absolute atomic E-state index is 0.114. The van der Waals surface area contributed by atoms with Gasteiger partial charge < -0.3 is 4.90 Å². The zero-order chi connectivity index (χ0) is 13.7. The second-order valence-electron chi connectivity index (χ2n) is 4.14. The number of hydrogen-bond donors (Lipinski definition) is 0. The molecule has 0 fully saturated rings. The van der Waals surface area contributed by atoms with Gasteiger partial charge in [-0.3, -0.25) is 14.9 Å². The van der Waals surface area contributed by atoms with Gasteiger partial charge in [-0.2, -0.15) is 0 Å². The SMILES string of the molecule is CC(=O)c1ccc(SCCN(C)C)cc1[N+](=O)[O-]. The zero-order valence-corrected chi connectivity index (χ0v) is 11.5. The predicted octanol–water partition coefficient (Wildman–Crippen LogP) is 2.45. The van der Waals surface area contributed by atoms with Gasteiger partial charge in [-0.05, 0) is 33.2 Å². The molecule has 0 bridgehead atoms. The van der Waals surface area contributed by atoms with Crippen LogP contribution in [0.4, 0.5) is 5.69 Å². The predicted molar refractivity (Wildman–Crippen MR) is 72.4 cm³/mol. The van der Waals surface area contributed by atoms with Crippen LogP contribution in [-0.2, 0) is 0 Å². The summed E-state index contributed by atoms with van der Waals surface area (Å²) in [4.78, 5) is 24.5. The molecular formula is C12H16N2O3S. The van der Waals surface area contributed by atoms with Crippen LogP contribution in [0.25, 0.3) is 0 Å². The van der Waals surface area contributed by atoms with Gasteiger partial charge in [0, 0.05) is 23.3 Å². The molecule has 0 radical (unpaired) electrons. The minimum atomic E-state index is -0.507. The molecule has 0 saturated heterocycles. The van der Waals surface area contributed by atoms with Gasteiger partial charge in [0.25, 0.3) is 5.69 Å².